The predicted octanol–water partition coefficient (Wildman–Crippen LogP) is 2.44. The lowest BCUT2D eigenvalue weighted by Crippen LogP contribution is -2.32. The lowest BCUT2D eigenvalue weighted by molar-refractivity contribution is 0.0971. The zero-order valence-corrected chi connectivity index (χ0v) is 11.0. The first kappa shape index (κ1) is 12.5. The molecule has 2 aliphatic heterocycles. The fourth-order valence-corrected chi connectivity index (χ4v) is 2.87. The van der Waals surface area contributed by atoms with Gasteiger partial charge in [0, 0.05) is 25.1 Å². The number of amides is 1. The molecule has 0 aliphatic carbocycles. The SMILES string of the molecule is O=C(OCc1ccccc1)N1CCC2(CCOC2)C1. The monoisotopic (exact) mass is 261 g/mol. The van der Waals surface area contributed by atoms with Gasteiger partial charge < -0.3 is 14.4 Å². The second-order valence-corrected chi connectivity index (χ2v) is 5.51. The van der Waals surface area contributed by atoms with E-state index in [2.05, 4.69) is 0 Å². The number of carbonyl (C=O) groups is 1. The van der Waals surface area contributed by atoms with Crippen molar-refractivity contribution in [3.05, 3.63) is 35.9 Å². The van der Waals surface area contributed by atoms with Crippen LogP contribution in [0.5, 0.6) is 0 Å². The second kappa shape index (κ2) is 5.21. The summed E-state index contributed by atoms with van der Waals surface area (Å²) in [5, 5.41) is 0. The van der Waals surface area contributed by atoms with Crippen molar-refractivity contribution in [2.24, 2.45) is 5.41 Å². The molecule has 0 N–H and O–H groups in total. The highest BCUT2D eigenvalue weighted by atomic mass is 16.6. The second-order valence-electron chi connectivity index (χ2n) is 5.51. The van der Waals surface area contributed by atoms with Gasteiger partial charge in [0.2, 0.25) is 0 Å². The van der Waals surface area contributed by atoms with Crippen molar-refractivity contribution in [1.29, 1.82) is 0 Å². The molecule has 3 rings (SSSR count). The summed E-state index contributed by atoms with van der Waals surface area (Å²) in [4.78, 5) is 13.8. The zero-order valence-electron chi connectivity index (χ0n) is 11.0. The third-order valence-corrected chi connectivity index (χ3v) is 4.09. The minimum absolute atomic E-state index is 0.200. The molecule has 2 heterocycles. The van der Waals surface area contributed by atoms with E-state index in [0.29, 0.717) is 6.61 Å². The van der Waals surface area contributed by atoms with Crippen molar-refractivity contribution in [2.45, 2.75) is 19.4 Å². The molecule has 1 atom stereocenters. The summed E-state index contributed by atoms with van der Waals surface area (Å²) >= 11 is 0. The summed E-state index contributed by atoms with van der Waals surface area (Å²) < 4.78 is 10.8. The van der Waals surface area contributed by atoms with Crippen LogP contribution in [0, 0.1) is 5.41 Å². The standard InChI is InChI=1S/C15H19NO3/c17-14(19-10-13-4-2-1-3-5-13)16-8-6-15(11-16)7-9-18-12-15/h1-5H,6-12H2. The summed E-state index contributed by atoms with van der Waals surface area (Å²) in [5.41, 5.74) is 1.22. The number of carbonyl (C=O) groups excluding carboxylic acids is 1. The van der Waals surface area contributed by atoms with Crippen LogP contribution < -0.4 is 0 Å². The molecule has 102 valence electrons. The molecule has 2 aliphatic rings. The van der Waals surface area contributed by atoms with Crippen molar-refractivity contribution < 1.29 is 14.3 Å². The van der Waals surface area contributed by atoms with Crippen molar-refractivity contribution >= 4 is 6.09 Å². The van der Waals surface area contributed by atoms with Crippen LogP contribution in [0.15, 0.2) is 30.3 Å². The Morgan fingerprint density at radius 1 is 1.32 bits per heavy atom. The number of hydrogen-bond acceptors (Lipinski definition) is 3. The molecule has 1 aromatic carbocycles. The van der Waals surface area contributed by atoms with Crippen molar-refractivity contribution in [3.63, 3.8) is 0 Å². The highest BCUT2D eigenvalue weighted by Crippen LogP contribution is 2.38. The van der Waals surface area contributed by atoms with Crippen LogP contribution in [0.3, 0.4) is 0 Å². The summed E-state index contributed by atoms with van der Waals surface area (Å²) in [6.45, 7) is 3.53. The number of ether oxygens (including phenoxy) is 2. The van der Waals surface area contributed by atoms with E-state index >= 15 is 0 Å². The molecular weight excluding hydrogens is 242 g/mol. The van der Waals surface area contributed by atoms with E-state index in [0.717, 1.165) is 44.7 Å². The number of rotatable bonds is 2. The van der Waals surface area contributed by atoms with E-state index in [4.69, 9.17) is 9.47 Å². The molecule has 0 bridgehead atoms. The van der Waals surface area contributed by atoms with E-state index in [9.17, 15) is 4.79 Å². The van der Waals surface area contributed by atoms with E-state index in [1.807, 2.05) is 35.2 Å². The third kappa shape index (κ3) is 2.73. The largest absolute Gasteiger partial charge is 0.445 e. The molecule has 1 spiro atoms. The molecule has 2 fully saturated rings. The molecule has 19 heavy (non-hydrogen) atoms. The van der Waals surface area contributed by atoms with Gasteiger partial charge in [-0.3, -0.25) is 0 Å². The van der Waals surface area contributed by atoms with Crippen LogP contribution in [-0.4, -0.2) is 37.3 Å². The average Bonchev–Trinajstić information content (AvgIpc) is 3.08. The maximum atomic E-state index is 12.0. The Hall–Kier alpha value is -1.55. The predicted molar refractivity (Wildman–Crippen MR) is 70.7 cm³/mol. The number of likely N-dealkylation sites (tertiary alicyclic amines) is 1. The van der Waals surface area contributed by atoms with Gasteiger partial charge in [0.05, 0.1) is 6.61 Å². The molecule has 0 radical (unpaired) electrons. The highest BCUT2D eigenvalue weighted by molar-refractivity contribution is 5.68. The van der Waals surface area contributed by atoms with Gasteiger partial charge in [-0.25, -0.2) is 4.79 Å². The first-order valence-corrected chi connectivity index (χ1v) is 6.81. The van der Waals surface area contributed by atoms with Gasteiger partial charge in [0.15, 0.2) is 0 Å². The first-order valence-electron chi connectivity index (χ1n) is 6.81. The van der Waals surface area contributed by atoms with E-state index in [1.54, 1.807) is 0 Å². The van der Waals surface area contributed by atoms with Gasteiger partial charge in [0.1, 0.15) is 6.61 Å². The summed E-state index contributed by atoms with van der Waals surface area (Å²) in [6, 6.07) is 9.77. The molecule has 2 saturated heterocycles. The Morgan fingerprint density at radius 3 is 2.89 bits per heavy atom. The van der Waals surface area contributed by atoms with Gasteiger partial charge in [-0.2, -0.15) is 0 Å². The maximum Gasteiger partial charge on any atom is 0.410 e. The Balaban J connectivity index is 1.51. The van der Waals surface area contributed by atoms with E-state index in [1.165, 1.54) is 0 Å². The number of hydrogen-bond donors (Lipinski definition) is 0. The van der Waals surface area contributed by atoms with Crippen molar-refractivity contribution in [2.75, 3.05) is 26.3 Å². The normalized spacial score (nSPS) is 26.0. The van der Waals surface area contributed by atoms with Crippen LogP contribution in [0.2, 0.25) is 0 Å². The Morgan fingerprint density at radius 2 is 2.16 bits per heavy atom. The topological polar surface area (TPSA) is 38.8 Å². The highest BCUT2D eigenvalue weighted by Gasteiger charge is 2.43. The fraction of sp³-hybridized carbons (Fsp3) is 0.533. The molecule has 0 saturated carbocycles. The molecule has 4 nitrogen and oxygen atoms in total. The van der Waals surface area contributed by atoms with Crippen LogP contribution in [0.1, 0.15) is 18.4 Å². The van der Waals surface area contributed by atoms with E-state index in [-0.39, 0.29) is 11.5 Å². The maximum absolute atomic E-state index is 12.0. The minimum Gasteiger partial charge on any atom is -0.445 e. The Bertz CT molecular complexity index is 440. The van der Waals surface area contributed by atoms with E-state index < -0.39 is 0 Å². The molecule has 1 amide bonds. The molecule has 4 heteroatoms. The van der Waals surface area contributed by atoms with Crippen LogP contribution in [-0.2, 0) is 16.1 Å². The summed E-state index contributed by atoms with van der Waals surface area (Å²) in [5.74, 6) is 0. The third-order valence-electron chi connectivity index (χ3n) is 4.09. The molecule has 1 unspecified atom stereocenters. The van der Waals surface area contributed by atoms with Crippen LogP contribution >= 0.6 is 0 Å². The zero-order chi connectivity index (χ0) is 13.1. The summed E-state index contributed by atoms with van der Waals surface area (Å²) in [6.07, 6.45) is 1.90. The molecule has 1 aromatic rings. The van der Waals surface area contributed by atoms with Gasteiger partial charge in [-0.1, -0.05) is 30.3 Å². The lowest BCUT2D eigenvalue weighted by atomic mass is 9.87. The Kier molecular flexibility index (Phi) is 3.42. The van der Waals surface area contributed by atoms with Crippen LogP contribution in [0.25, 0.3) is 0 Å². The van der Waals surface area contributed by atoms with Crippen molar-refractivity contribution in [1.82, 2.24) is 4.90 Å². The summed E-state index contributed by atoms with van der Waals surface area (Å²) in [7, 11) is 0. The van der Waals surface area contributed by atoms with Crippen molar-refractivity contribution in [3.8, 4) is 0 Å². The van der Waals surface area contributed by atoms with Gasteiger partial charge in [0.25, 0.3) is 0 Å². The number of nitrogens with zero attached hydrogens (tertiary/aromatic N) is 1. The molecular formula is C15H19NO3. The smallest absolute Gasteiger partial charge is 0.410 e. The lowest BCUT2D eigenvalue weighted by Gasteiger charge is -2.21. The van der Waals surface area contributed by atoms with Gasteiger partial charge in [-0.15, -0.1) is 0 Å². The fourth-order valence-electron chi connectivity index (χ4n) is 2.87. The number of benzene rings is 1. The first-order chi connectivity index (χ1) is 9.27. The van der Waals surface area contributed by atoms with Gasteiger partial charge >= 0.3 is 6.09 Å². The van der Waals surface area contributed by atoms with Crippen LogP contribution in [0.4, 0.5) is 4.79 Å². The molecule has 0 aromatic heterocycles. The Labute approximate surface area is 113 Å². The minimum atomic E-state index is -0.201. The average molecular weight is 261 g/mol. The quantitative estimate of drug-likeness (QED) is 0.820. The van der Waals surface area contributed by atoms with Gasteiger partial charge in [-0.05, 0) is 18.4 Å².